The van der Waals surface area contributed by atoms with Crippen molar-refractivity contribution in [1.82, 2.24) is 0 Å². The van der Waals surface area contributed by atoms with E-state index in [1.807, 2.05) is 0 Å². The van der Waals surface area contributed by atoms with Gasteiger partial charge in [0.05, 0.1) is 0 Å². The maximum atomic E-state index is 5.94. The fourth-order valence-electron chi connectivity index (χ4n) is 1.82. The van der Waals surface area contributed by atoms with Crippen molar-refractivity contribution in [2.45, 2.75) is 26.2 Å². The lowest BCUT2D eigenvalue weighted by molar-refractivity contribution is 0.0274. The summed E-state index contributed by atoms with van der Waals surface area (Å²) in [5, 5.41) is 0. The van der Waals surface area contributed by atoms with Crippen LogP contribution >= 0.6 is 11.6 Å². The van der Waals surface area contributed by atoms with Crippen LogP contribution < -0.4 is 0 Å². The highest BCUT2D eigenvalue weighted by atomic mass is 35.5. The van der Waals surface area contributed by atoms with E-state index < -0.39 is 0 Å². The Morgan fingerprint density at radius 1 is 1.55 bits per heavy atom. The van der Waals surface area contributed by atoms with Crippen LogP contribution in [0.3, 0.4) is 0 Å². The average Bonchev–Trinajstić information content (AvgIpc) is 1.87. The topological polar surface area (TPSA) is 9.23 Å². The third-order valence-electron chi connectivity index (χ3n) is 3.08. The molecule has 1 unspecified atom stereocenters. The first-order valence-electron chi connectivity index (χ1n) is 4.30. The van der Waals surface area contributed by atoms with Crippen LogP contribution in [0.4, 0.5) is 0 Å². The molecule has 0 heterocycles. The SMILES string of the molecule is COCC(C)C1(CCl)CCC1. The summed E-state index contributed by atoms with van der Waals surface area (Å²) in [6.07, 6.45) is 3.93. The van der Waals surface area contributed by atoms with Crippen LogP contribution in [0.5, 0.6) is 0 Å². The molecule has 0 aromatic rings. The third-order valence-corrected chi connectivity index (χ3v) is 3.61. The molecule has 1 aliphatic carbocycles. The molecule has 1 nitrogen and oxygen atoms in total. The minimum absolute atomic E-state index is 0.414. The van der Waals surface area contributed by atoms with Crippen LogP contribution in [0.2, 0.25) is 0 Å². The lowest BCUT2D eigenvalue weighted by Gasteiger charge is -2.45. The minimum Gasteiger partial charge on any atom is -0.384 e. The number of methoxy groups -OCH3 is 1. The summed E-state index contributed by atoms with van der Waals surface area (Å²) in [6.45, 7) is 3.10. The van der Waals surface area contributed by atoms with E-state index in [1.165, 1.54) is 19.3 Å². The lowest BCUT2D eigenvalue weighted by Crippen LogP contribution is -2.39. The van der Waals surface area contributed by atoms with Crippen LogP contribution in [0, 0.1) is 11.3 Å². The van der Waals surface area contributed by atoms with Crippen molar-refractivity contribution in [3.63, 3.8) is 0 Å². The van der Waals surface area contributed by atoms with Gasteiger partial charge in [0.15, 0.2) is 0 Å². The van der Waals surface area contributed by atoms with Gasteiger partial charge in [0.2, 0.25) is 0 Å². The normalized spacial score (nSPS) is 24.3. The lowest BCUT2D eigenvalue weighted by atomic mass is 9.63. The summed E-state index contributed by atoms with van der Waals surface area (Å²) in [5.41, 5.74) is 0.414. The number of rotatable bonds is 4. The van der Waals surface area contributed by atoms with E-state index >= 15 is 0 Å². The number of halogens is 1. The van der Waals surface area contributed by atoms with E-state index in [2.05, 4.69) is 6.92 Å². The Labute approximate surface area is 74.1 Å². The predicted molar refractivity (Wildman–Crippen MR) is 48.0 cm³/mol. The Morgan fingerprint density at radius 3 is 2.45 bits per heavy atom. The molecule has 0 saturated heterocycles. The second kappa shape index (κ2) is 3.77. The number of hydrogen-bond donors (Lipinski definition) is 0. The van der Waals surface area contributed by atoms with Crippen molar-refractivity contribution in [2.24, 2.45) is 11.3 Å². The smallest absolute Gasteiger partial charge is 0.0493 e. The molecule has 0 bridgehead atoms. The van der Waals surface area contributed by atoms with E-state index in [1.54, 1.807) is 7.11 Å². The zero-order chi connectivity index (χ0) is 8.32. The molecule has 0 radical (unpaired) electrons. The molecule has 1 saturated carbocycles. The third kappa shape index (κ3) is 1.70. The molecule has 0 aromatic carbocycles. The first kappa shape index (κ1) is 9.34. The Bertz CT molecular complexity index is 115. The van der Waals surface area contributed by atoms with E-state index in [0.717, 1.165) is 12.5 Å². The van der Waals surface area contributed by atoms with Gasteiger partial charge in [-0.1, -0.05) is 13.3 Å². The van der Waals surface area contributed by atoms with E-state index in [4.69, 9.17) is 16.3 Å². The van der Waals surface area contributed by atoms with Gasteiger partial charge in [-0.05, 0) is 24.2 Å². The van der Waals surface area contributed by atoms with Crippen LogP contribution in [-0.2, 0) is 4.74 Å². The van der Waals surface area contributed by atoms with E-state index in [0.29, 0.717) is 11.3 Å². The molecule has 0 aliphatic heterocycles. The van der Waals surface area contributed by atoms with Gasteiger partial charge in [-0.25, -0.2) is 0 Å². The van der Waals surface area contributed by atoms with Crippen molar-refractivity contribution in [1.29, 1.82) is 0 Å². The van der Waals surface area contributed by atoms with Crippen molar-refractivity contribution < 1.29 is 4.74 Å². The number of alkyl halides is 1. The summed E-state index contributed by atoms with van der Waals surface area (Å²) in [7, 11) is 1.76. The Morgan fingerprint density at radius 2 is 2.18 bits per heavy atom. The monoisotopic (exact) mass is 176 g/mol. The summed E-state index contributed by atoms with van der Waals surface area (Å²) in [6, 6.07) is 0. The molecule has 2 heteroatoms. The molecule has 1 rings (SSSR count). The van der Waals surface area contributed by atoms with Gasteiger partial charge in [-0.15, -0.1) is 11.6 Å². The minimum atomic E-state index is 0.414. The van der Waals surface area contributed by atoms with Gasteiger partial charge in [0.25, 0.3) is 0 Å². The van der Waals surface area contributed by atoms with E-state index in [-0.39, 0.29) is 0 Å². The molecule has 11 heavy (non-hydrogen) atoms. The summed E-state index contributed by atoms with van der Waals surface area (Å²) in [4.78, 5) is 0. The van der Waals surface area contributed by atoms with E-state index in [9.17, 15) is 0 Å². The summed E-state index contributed by atoms with van der Waals surface area (Å²) < 4.78 is 5.13. The van der Waals surface area contributed by atoms with Crippen LogP contribution in [0.1, 0.15) is 26.2 Å². The molecular formula is C9H17ClO. The molecule has 66 valence electrons. The van der Waals surface area contributed by atoms with Gasteiger partial charge in [0.1, 0.15) is 0 Å². The molecule has 0 aromatic heterocycles. The molecule has 1 fully saturated rings. The highest BCUT2D eigenvalue weighted by molar-refractivity contribution is 6.18. The maximum absolute atomic E-state index is 5.94. The summed E-state index contributed by atoms with van der Waals surface area (Å²) >= 11 is 5.94. The van der Waals surface area contributed by atoms with Crippen molar-refractivity contribution in [3.8, 4) is 0 Å². The zero-order valence-electron chi connectivity index (χ0n) is 7.40. The zero-order valence-corrected chi connectivity index (χ0v) is 8.16. The first-order chi connectivity index (χ1) is 5.25. The quantitative estimate of drug-likeness (QED) is 0.599. The first-order valence-corrected chi connectivity index (χ1v) is 4.83. The highest BCUT2D eigenvalue weighted by Gasteiger charge is 2.40. The molecule has 0 N–H and O–H groups in total. The van der Waals surface area contributed by atoms with Gasteiger partial charge in [-0.3, -0.25) is 0 Å². The Balaban J connectivity index is 2.40. The second-order valence-corrected chi connectivity index (χ2v) is 3.97. The highest BCUT2D eigenvalue weighted by Crippen LogP contribution is 2.47. The van der Waals surface area contributed by atoms with Crippen molar-refractivity contribution >= 4 is 11.6 Å². The van der Waals surface area contributed by atoms with Crippen molar-refractivity contribution in [2.75, 3.05) is 19.6 Å². The fourth-order valence-corrected chi connectivity index (χ4v) is 2.35. The molecule has 0 amide bonds. The summed E-state index contributed by atoms with van der Waals surface area (Å²) in [5.74, 6) is 1.43. The van der Waals surface area contributed by atoms with Crippen LogP contribution in [0.25, 0.3) is 0 Å². The molecule has 0 spiro atoms. The average molecular weight is 177 g/mol. The van der Waals surface area contributed by atoms with Gasteiger partial charge in [-0.2, -0.15) is 0 Å². The fraction of sp³-hybridized carbons (Fsp3) is 1.00. The number of hydrogen-bond acceptors (Lipinski definition) is 1. The molecular weight excluding hydrogens is 160 g/mol. The maximum Gasteiger partial charge on any atom is 0.0493 e. The molecule has 1 aliphatic rings. The number of ether oxygens (including phenoxy) is 1. The van der Waals surface area contributed by atoms with Crippen LogP contribution in [-0.4, -0.2) is 19.6 Å². The molecule has 1 atom stereocenters. The Hall–Kier alpha value is 0.250. The second-order valence-electron chi connectivity index (χ2n) is 3.71. The Kier molecular flexibility index (Phi) is 3.20. The predicted octanol–water partition coefficient (Wildman–Crippen LogP) is 2.68. The van der Waals surface area contributed by atoms with Crippen molar-refractivity contribution in [3.05, 3.63) is 0 Å². The van der Waals surface area contributed by atoms with Gasteiger partial charge < -0.3 is 4.74 Å². The van der Waals surface area contributed by atoms with Gasteiger partial charge >= 0.3 is 0 Å². The largest absolute Gasteiger partial charge is 0.384 e. The standard InChI is InChI=1S/C9H17ClO/c1-8(6-11-2)9(7-10)4-3-5-9/h8H,3-7H2,1-2H3. The van der Waals surface area contributed by atoms with Gasteiger partial charge in [0, 0.05) is 19.6 Å². The van der Waals surface area contributed by atoms with Crippen LogP contribution in [0.15, 0.2) is 0 Å².